The van der Waals surface area contributed by atoms with Gasteiger partial charge in [-0.15, -0.1) is 0 Å². The highest BCUT2D eigenvalue weighted by Crippen LogP contribution is 2.19. The van der Waals surface area contributed by atoms with E-state index >= 15 is 0 Å². The Hall–Kier alpha value is -3.18. The van der Waals surface area contributed by atoms with Gasteiger partial charge in [-0.2, -0.15) is 0 Å². The first kappa shape index (κ1) is 17.6. The molecule has 1 aromatic heterocycles. The summed E-state index contributed by atoms with van der Waals surface area (Å²) >= 11 is 0. The predicted molar refractivity (Wildman–Crippen MR) is 102 cm³/mol. The van der Waals surface area contributed by atoms with Crippen LogP contribution in [0.5, 0.6) is 5.75 Å². The van der Waals surface area contributed by atoms with Gasteiger partial charge in [0, 0.05) is 31.0 Å². The lowest BCUT2D eigenvalue weighted by molar-refractivity contribution is 0.0996. The van der Waals surface area contributed by atoms with Crippen LogP contribution >= 0.6 is 0 Å². The number of pyridine rings is 1. The van der Waals surface area contributed by atoms with E-state index in [-0.39, 0.29) is 0 Å². The van der Waals surface area contributed by atoms with Crippen molar-refractivity contribution < 1.29 is 9.53 Å². The molecular weight excluding hydrogens is 326 g/mol. The molecule has 3 aromatic rings. The van der Waals surface area contributed by atoms with E-state index < -0.39 is 5.91 Å². The molecule has 0 saturated carbocycles. The van der Waals surface area contributed by atoms with Gasteiger partial charge in [0.25, 0.3) is 5.91 Å². The lowest BCUT2D eigenvalue weighted by atomic mass is 10.1. The molecule has 0 spiro atoms. The first-order chi connectivity index (χ1) is 12.7. The van der Waals surface area contributed by atoms with Crippen molar-refractivity contribution >= 4 is 5.91 Å². The third kappa shape index (κ3) is 4.68. The first-order valence-corrected chi connectivity index (χ1v) is 8.46. The summed E-state index contributed by atoms with van der Waals surface area (Å²) in [5.74, 6) is 0.0203. The summed E-state index contributed by atoms with van der Waals surface area (Å²) in [5, 5.41) is 3.32. The second-order valence-corrected chi connectivity index (χ2v) is 5.83. The number of nitrogens with zero attached hydrogens (tertiary/aromatic N) is 1. The molecule has 0 unspecified atom stereocenters. The SMILES string of the molecule is NC(=O)c1ccccc1OCCNCc1cncc(-c2ccccc2)c1. The maximum Gasteiger partial charge on any atom is 0.252 e. The molecule has 1 heterocycles. The van der Waals surface area contributed by atoms with Crippen molar-refractivity contribution in [1.82, 2.24) is 10.3 Å². The summed E-state index contributed by atoms with van der Waals surface area (Å²) in [6.07, 6.45) is 3.71. The average molecular weight is 347 g/mol. The van der Waals surface area contributed by atoms with Gasteiger partial charge in [-0.1, -0.05) is 42.5 Å². The molecule has 1 amide bonds. The maximum absolute atomic E-state index is 11.4. The summed E-state index contributed by atoms with van der Waals surface area (Å²) in [4.78, 5) is 15.7. The fourth-order valence-corrected chi connectivity index (χ4v) is 2.63. The maximum atomic E-state index is 11.4. The smallest absolute Gasteiger partial charge is 0.252 e. The Morgan fingerprint density at radius 3 is 2.58 bits per heavy atom. The number of primary amides is 1. The molecule has 0 saturated heterocycles. The molecule has 2 aromatic carbocycles. The average Bonchev–Trinajstić information content (AvgIpc) is 2.69. The molecular formula is C21H21N3O2. The number of rotatable bonds is 8. The van der Waals surface area contributed by atoms with Crippen molar-refractivity contribution in [3.05, 3.63) is 84.2 Å². The zero-order valence-electron chi connectivity index (χ0n) is 14.4. The lowest BCUT2D eigenvalue weighted by Crippen LogP contribution is -2.21. The normalized spacial score (nSPS) is 10.5. The minimum atomic E-state index is -0.489. The van der Waals surface area contributed by atoms with E-state index in [0.29, 0.717) is 31.0 Å². The van der Waals surface area contributed by atoms with Crippen LogP contribution < -0.4 is 15.8 Å². The van der Waals surface area contributed by atoms with E-state index in [2.05, 4.69) is 28.5 Å². The van der Waals surface area contributed by atoms with Gasteiger partial charge in [0.05, 0.1) is 5.56 Å². The van der Waals surface area contributed by atoms with Crippen molar-refractivity contribution in [3.8, 4) is 16.9 Å². The fraction of sp³-hybridized carbons (Fsp3) is 0.143. The zero-order chi connectivity index (χ0) is 18.2. The van der Waals surface area contributed by atoms with Crippen LogP contribution in [0.25, 0.3) is 11.1 Å². The Morgan fingerprint density at radius 2 is 1.77 bits per heavy atom. The predicted octanol–water partition coefficient (Wildman–Crippen LogP) is 3.02. The van der Waals surface area contributed by atoms with Crippen molar-refractivity contribution in [3.63, 3.8) is 0 Å². The number of para-hydroxylation sites is 1. The van der Waals surface area contributed by atoms with Gasteiger partial charge < -0.3 is 15.8 Å². The second-order valence-electron chi connectivity index (χ2n) is 5.83. The molecule has 5 heteroatoms. The second kappa shape index (κ2) is 8.78. The van der Waals surface area contributed by atoms with Gasteiger partial charge in [0.15, 0.2) is 0 Å². The van der Waals surface area contributed by atoms with E-state index in [9.17, 15) is 4.79 Å². The molecule has 0 atom stereocenters. The van der Waals surface area contributed by atoms with E-state index in [1.54, 1.807) is 18.2 Å². The summed E-state index contributed by atoms with van der Waals surface area (Å²) in [7, 11) is 0. The largest absolute Gasteiger partial charge is 0.491 e. The standard InChI is InChI=1S/C21H21N3O2/c22-21(25)19-8-4-5-9-20(19)26-11-10-23-13-16-12-18(15-24-14-16)17-6-2-1-3-7-17/h1-9,12,14-15,23H,10-11,13H2,(H2,22,25). The lowest BCUT2D eigenvalue weighted by Gasteiger charge is -2.10. The van der Waals surface area contributed by atoms with Crippen LogP contribution in [0, 0.1) is 0 Å². The summed E-state index contributed by atoms with van der Waals surface area (Å²) in [6, 6.07) is 19.3. The van der Waals surface area contributed by atoms with Gasteiger partial charge in [-0.05, 0) is 29.3 Å². The summed E-state index contributed by atoms with van der Waals surface area (Å²) in [5.41, 5.74) is 9.08. The number of ether oxygens (including phenoxy) is 1. The minimum absolute atomic E-state index is 0.396. The summed E-state index contributed by atoms with van der Waals surface area (Å²) in [6.45, 7) is 1.77. The number of benzene rings is 2. The van der Waals surface area contributed by atoms with Crippen LogP contribution in [-0.2, 0) is 6.54 Å². The highest BCUT2D eigenvalue weighted by atomic mass is 16.5. The number of nitrogens with one attached hydrogen (secondary N) is 1. The first-order valence-electron chi connectivity index (χ1n) is 8.46. The molecule has 0 aliphatic rings. The molecule has 5 nitrogen and oxygen atoms in total. The van der Waals surface area contributed by atoms with E-state index in [0.717, 1.165) is 16.7 Å². The molecule has 0 aliphatic heterocycles. The van der Waals surface area contributed by atoms with Gasteiger partial charge in [-0.25, -0.2) is 0 Å². The van der Waals surface area contributed by atoms with Crippen LogP contribution in [0.1, 0.15) is 15.9 Å². The van der Waals surface area contributed by atoms with Crippen molar-refractivity contribution in [2.45, 2.75) is 6.54 Å². The number of hydrogen-bond acceptors (Lipinski definition) is 4. The third-order valence-electron chi connectivity index (χ3n) is 3.92. The van der Waals surface area contributed by atoms with Crippen molar-refractivity contribution in [1.29, 1.82) is 0 Å². The Balaban J connectivity index is 1.50. The van der Waals surface area contributed by atoms with E-state index in [1.165, 1.54) is 0 Å². The molecule has 0 aliphatic carbocycles. The van der Waals surface area contributed by atoms with Gasteiger partial charge in [0.2, 0.25) is 0 Å². The molecule has 132 valence electrons. The van der Waals surface area contributed by atoms with Crippen molar-refractivity contribution in [2.24, 2.45) is 5.73 Å². The topological polar surface area (TPSA) is 77.2 Å². The van der Waals surface area contributed by atoms with E-state index in [4.69, 9.17) is 10.5 Å². The molecule has 26 heavy (non-hydrogen) atoms. The number of carbonyl (C=O) groups is 1. The Labute approximate surface area is 152 Å². The van der Waals surface area contributed by atoms with Crippen LogP contribution in [0.4, 0.5) is 0 Å². The summed E-state index contributed by atoms with van der Waals surface area (Å²) < 4.78 is 5.65. The van der Waals surface area contributed by atoms with E-state index in [1.807, 2.05) is 36.7 Å². The van der Waals surface area contributed by atoms with Gasteiger partial charge in [0.1, 0.15) is 12.4 Å². The fourth-order valence-electron chi connectivity index (χ4n) is 2.63. The van der Waals surface area contributed by atoms with Crippen molar-refractivity contribution in [2.75, 3.05) is 13.2 Å². The number of amides is 1. The molecule has 0 radical (unpaired) electrons. The highest BCUT2D eigenvalue weighted by Gasteiger charge is 2.07. The minimum Gasteiger partial charge on any atom is -0.491 e. The van der Waals surface area contributed by atoms with Crippen LogP contribution in [0.2, 0.25) is 0 Å². The number of hydrogen-bond donors (Lipinski definition) is 2. The monoisotopic (exact) mass is 347 g/mol. The Kier molecular flexibility index (Phi) is 5.96. The number of carbonyl (C=O) groups excluding carboxylic acids is 1. The van der Waals surface area contributed by atoms with Crippen LogP contribution in [0.3, 0.4) is 0 Å². The molecule has 0 fully saturated rings. The quantitative estimate of drug-likeness (QED) is 0.614. The highest BCUT2D eigenvalue weighted by molar-refractivity contribution is 5.95. The third-order valence-corrected chi connectivity index (χ3v) is 3.92. The number of nitrogens with two attached hydrogens (primary N) is 1. The zero-order valence-corrected chi connectivity index (χ0v) is 14.4. The van der Waals surface area contributed by atoms with Crippen LogP contribution in [-0.4, -0.2) is 24.0 Å². The van der Waals surface area contributed by atoms with Gasteiger partial charge in [-0.3, -0.25) is 9.78 Å². The molecule has 0 bridgehead atoms. The molecule has 3 rings (SSSR count). The van der Waals surface area contributed by atoms with Crippen LogP contribution in [0.15, 0.2) is 73.1 Å². The van der Waals surface area contributed by atoms with Gasteiger partial charge >= 0.3 is 0 Å². The Morgan fingerprint density at radius 1 is 1.00 bits per heavy atom. The molecule has 3 N–H and O–H groups in total. The Bertz CT molecular complexity index is 866. The number of aromatic nitrogens is 1.